The molecule has 0 radical (unpaired) electrons. The van der Waals surface area contributed by atoms with Gasteiger partial charge in [0.05, 0.1) is 6.10 Å². The smallest absolute Gasteiger partial charge is 0.0546 e. The molecule has 0 heterocycles. The average Bonchev–Trinajstić information content (AvgIpc) is 2.99. The van der Waals surface area contributed by atoms with E-state index in [0.29, 0.717) is 16.7 Å². The van der Waals surface area contributed by atoms with E-state index in [9.17, 15) is 5.11 Å². The molecule has 1 nitrogen and oxygen atoms in total. The Morgan fingerprint density at radius 3 is 2.48 bits per heavy atom. The van der Waals surface area contributed by atoms with Crippen molar-refractivity contribution >= 4 is 0 Å². The van der Waals surface area contributed by atoms with Crippen LogP contribution in [0.1, 0.15) is 98.8 Å². The Labute approximate surface area is 168 Å². The van der Waals surface area contributed by atoms with E-state index in [2.05, 4.69) is 40.7 Å². The molecule has 3 unspecified atom stereocenters. The van der Waals surface area contributed by atoms with E-state index in [1.165, 1.54) is 51.4 Å². The normalized spacial score (nSPS) is 52.1. The molecular formula is C26H44O. The molecule has 0 spiro atoms. The summed E-state index contributed by atoms with van der Waals surface area (Å²) in [7, 11) is 0. The number of aliphatic hydroxyl groups excluding tert-OH is 1. The Morgan fingerprint density at radius 2 is 1.78 bits per heavy atom. The van der Waals surface area contributed by atoms with Crippen LogP contribution in [-0.4, -0.2) is 11.2 Å². The maximum Gasteiger partial charge on any atom is 0.0546 e. The lowest BCUT2D eigenvalue weighted by atomic mass is 9.43. The van der Waals surface area contributed by atoms with Gasteiger partial charge in [0.1, 0.15) is 0 Å². The zero-order chi connectivity index (χ0) is 19.4. The molecule has 154 valence electrons. The monoisotopic (exact) mass is 372 g/mol. The van der Waals surface area contributed by atoms with Gasteiger partial charge in [-0.3, -0.25) is 0 Å². The quantitative estimate of drug-likeness (QED) is 0.529. The van der Waals surface area contributed by atoms with Crippen molar-refractivity contribution in [1.29, 1.82) is 0 Å². The van der Waals surface area contributed by atoms with Crippen molar-refractivity contribution in [2.45, 2.75) is 105 Å². The van der Waals surface area contributed by atoms with Gasteiger partial charge < -0.3 is 5.11 Å². The Kier molecular flexibility index (Phi) is 5.32. The molecule has 0 aromatic heterocycles. The summed E-state index contributed by atoms with van der Waals surface area (Å²) in [5.41, 5.74) is 2.73. The predicted octanol–water partition coefficient (Wildman–Crippen LogP) is 7.00. The lowest BCUT2D eigenvalue weighted by molar-refractivity contribution is -0.109. The highest BCUT2D eigenvalue weighted by Crippen LogP contribution is 2.69. The maximum absolute atomic E-state index is 10.4. The third-order valence-corrected chi connectivity index (χ3v) is 10.4. The van der Waals surface area contributed by atoms with E-state index in [1.807, 2.05) is 0 Å². The summed E-state index contributed by atoms with van der Waals surface area (Å²) in [6.45, 7) is 12.5. The minimum absolute atomic E-state index is 0.0609. The number of fused-ring (bicyclic) bond motifs is 5. The van der Waals surface area contributed by atoms with Crippen LogP contribution in [0.25, 0.3) is 0 Å². The Hall–Kier alpha value is -0.300. The summed E-state index contributed by atoms with van der Waals surface area (Å²) in [6.07, 6.45) is 15.7. The molecule has 0 amide bonds. The van der Waals surface area contributed by atoms with E-state index in [0.717, 1.165) is 42.4 Å². The SMILES string of the molecule is CC=C1CC2C3CC[C@H]([C@H](C)CCC)[C@@]3(C)CCC2[C@@]2(C)CC[C@@H](O)C[C@@H]12. The fraction of sp³-hybridized carbons (Fsp3) is 0.923. The molecule has 9 atom stereocenters. The van der Waals surface area contributed by atoms with Gasteiger partial charge in [-0.2, -0.15) is 0 Å². The van der Waals surface area contributed by atoms with Gasteiger partial charge in [0.25, 0.3) is 0 Å². The summed E-state index contributed by atoms with van der Waals surface area (Å²) in [6, 6.07) is 0. The van der Waals surface area contributed by atoms with E-state index in [4.69, 9.17) is 0 Å². The summed E-state index contributed by atoms with van der Waals surface area (Å²) in [5, 5.41) is 10.4. The number of hydrogen-bond acceptors (Lipinski definition) is 1. The van der Waals surface area contributed by atoms with E-state index in [1.54, 1.807) is 5.57 Å². The van der Waals surface area contributed by atoms with Crippen molar-refractivity contribution in [2.75, 3.05) is 0 Å². The van der Waals surface area contributed by atoms with Crippen LogP contribution in [0.5, 0.6) is 0 Å². The van der Waals surface area contributed by atoms with Crippen molar-refractivity contribution in [3.63, 3.8) is 0 Å². The number of allylic oxidation sites excluding steroid dienone is 2. The van der Waals surface area contributed by atoms with Gasteiger partial charge >= 0.3 is 0 Å². The summed E-state index contributed by atoms with van der Waals surface area (Å²) >= 11 is 0. The van der Waals surface area contributed by atoms with Crippen LogP contribution in [0.2, 0.25) is 0 Å². The third kappa shape index (κ3) is 2.97. The van der Waals surface area contributed by atoms with Crippen LogP contribution in [0, 0.1) is 46.3 Å². The third-order valence-electron chi connectivity index (χ3n) is 10.4. The molecule has 1 heteroatoms. The van der Waals surface area contributed by atoms with Crippen LogP contribution < -0.4 is 0 Å². The minimum Gasteiger partial charge on any atom is -0.393 e. The summed E-state index contributed by atoms with van der Waals surface area (Å²) in [5.74, 6) is 5.26. The molecule has 0 aromatic carbocycles. The first-order valence-corrected chi connectivity index (χ1v) is 12.2. The number of rotatable bonds is 3. The minimum atomic E-state index is -0.0609. The van der Waals surface area contributed by atoms with Crippen LogP contribution in [0.15, 0.2) is 11.6 Å². The first-order chi connectivity index (χ1) is 12.8. The molecule has 4 aliphatic rings. The molecule has 0 aromatic rings. The van der Waals surface area contributed by atoms with Crippen molar-refractivity contribution in [3.8, 4) is 0 Å². The van der Waals surface area contributed by atoms with Gasteiger partial charge in [-0.15, -0.1) is 0 Å². The van der Waals surface area contributed by atoms with Crippen LogP contribution in [0.3, 0.4) is 0 Å². The second-order valence-corrected chi connectivity index (χ2v) is 11.4. The fourth-order valence-corrected chi connectivity index (χ4v) is 9.09. The molecule has 0 aliphatic heterocycles. The van der Waals surface area contributed by atoms with Crippen molar-refractivity contribution < 1.29 is 5.11 Å². The molecular weight excluding hydrogens is 328 g/mol. The predicted molar refractivity (Wildman–Crippen MR) is 114 cm³/mol. The zero-order valence-corrected chi connectivity index (χ0v) is 18.6. The largest absolute Gasteiger partial charge is 0.393 e. The van der Waals surface area contributed by atoms with Gasteiger partial charge in [0.15, 0.2) is 0 Å². The average molecular weight is 373 g/mol. The highest BCUT2D eigenvalue weighted by atomic mass is 16.3. The molecule has 0 bridgehead atoms. The number of aliphatic hydroxyl groups is 1. The lowest BCUT2D eigenvalue weighted by Gasteiger charge is -2.62. The van der Waals surface area contributed by atoms with Crippen LogP contribution >= 0.6 is 0 Å². The van der Waals surface area contributed by atoms with Crippen molar-refractivity contribution in [1.82, 2.24) is 0 Å². The molecule has 4 saturated carbocycles. The first kappa shape index (κ1) is 20.0. The molecule has 4 fully saturated rings. The Balaban J connectivity index is 1.64. The van der Waals surface area contributed by atoms with Crippen molar-refractivity contribution in [2.24, 2.45) is 46.3 Å². The van der Waals surface area contributed by atoms with Gasteiger partial charge in [0, 0.05) is 0 Å². The van der Waals surface area contributed by atoms with Gasteiger partial charge in [-0.05, 0) is 105 Å². The second-order valence-electron chi connectivity index (χ2n) is 11.4. The maximum atomic E-state index is 10.4. The molecule has 1 N–H and O–H groups in total. The molecule has 4 aliphatic carbocycles. The standard InChI is InChI=1S/C26H44O/c1-6-8-17(3)21-9-10-22-20-15-18(7-2)24-16-19(27)11-13-26(24,5)23(20)12-14-25(21,22)4/h7,17,19-24,27H,6,8-16H2,1-5H3/t17-,19-,20?,21-,22?,23?,24+,25-,26-/m1/s1. The van der Waals surface area contributed by atoms with Gasteiger partial charge in [-0.1, -0.05) is 52.2 Å². The molecule has 4 rings (SSSR count). The zero-order valence-electron chi connectivity index (χ0n) is 18.6. The Bertz CT molecular complexity index is 579. The summed E-state index contributed by atoms with van der Waals surface area (Å²) < 4.78 is 0. The highest BCUT2D eigenvalue weighted by Gasteiger charge is 2.61. The van der Waals surface area contributed by atoms with E-state index < -0.39 is 0 Å². The fourth-order valence-electron chi connectivity index (χ4n) is 9.09. The lowest BCUT2D eigenvalue weighted by Crippen LogP contribution is -2.54. The van der Waals surface area contributed by atoms with Crippen LogP contribution in [-0.2, 0) is 0 Å². The summed E-state index contributed by atoms with van der Waals surface area (Å²) in [4.78, 5) is 0. The van der Waals surface area contributed by atoms with Crippen molar-refractivity contribution in [3.05, 3.63) is 11.6 Å². The van der Waals surface area contributed by atoms with Crippen LogP contribution in [0.4, 0.5) is 0 Å². The van der Waals surface area contributed by atoms with Gasteiger partial charge in [-0.25, -0.2) is 0 Å². The Morgan fingerprint density at radius 1 is 1.07 bits per heavy atom. The molecule has 0 saturated heterocycles. The number of hydrogen-bond donors (Lipinski definition) is 1. The van der Waals surface area contributed by atoms with E-state index in [-0.39, 0.29) is 6.10 Å². The molecule has 27 heavy (non-hydrogen) atoms. The second kappa shape index (κ2) is 7.19. The van der Waals surface area contributed by atoms with Gasteiger partial charge in [0.2, 0.25) is 0 Å². The first-order valence-electron chi connectivity index (χ1n) is 12.2. The highest BCUT2D eigenvalue weighted by molar-refractivity contribution is 5.22. The van der Waals surface area contributed by atoms with E-state index >= 15 is 0 Å². The topological polar surface area (TPSA) is 20.2 Å².